The standard InChI is InChI=1S/C19H24N4O2S.HI/c1-13-10-23(11-16(13)18(24)25-3)19(20-2)21-9-15-12-26-17(22-15)14-7-5-4-6-8-14;/h4-8,12-13,16H,9-11H2,1-3H3,(H,20,21);1H. The van der Waals surface area contributed by atoms with E-state index < -0.39 is 0 Å². The molecule has 1 fully saturated rings. The first-order valence-corrected chi connectivity index (χ1v) is 9.53. The van der Waals surface area contributed by atoms with Crippen LogP contribution in [0.5, 0.6) is 0 Å². The second-order valence-electron chi connectivity index (χ2n) is 6.42. The number of likely N-dealkylation sites (tertiary alicyclic amines) is 1. The molecule has 6 nitrogen and oxygen atoms in total. The minimum atomic E-state index is -0.151. The van der Waals surface area contributed by atoms with Gasteiger partial charge in [0.1, 0.15) is 5.01 Å². The Morgan fingerprint density at radius 2 is 2.11 bits per heavy atom. The number of carbonyl (C=O) groups is 1. The maximum atomic E-state index is 11.9. The number of nitrogens with zero attached hydrogens (tertiary/aromatic N) is 3. The van der Waals surface area contributed by atoms with Crippen LogP contribution in [-0.2, 0) is 16.1 Å². The molecule has 0 bridgehead atoms. The van der Waals surface area contributed by atoms with E-state index >= 15 is 0 Å². The molecule has 0 spiro atoms. The average molecular weight is 500 g/mol. The van der Waals surface area contributed by atoms with E-state index in [4.69, 9.17) is 9.72 Å². The summed E-state index contributed by atoms with van der Waals surface area (Å²) in [4.78, 5) is 23.0. The molecule has 0 aliphatic carbocycles. The van der Waals surface area contributed by atoms with Crippen LogP contribution in [0.4, 0.5) is 0 Å². The van der Waals surface area contributed by atoms with Gasteiger partial charge in [-0.25, -0.2) is 4.98 Å². The van der Waals surface area contributed by atoms with Gasteiger partial charge < -0.3 is 15.0 Å². The lowest BCUT2D eigenvalue weighted by Gasteiger charge is -2.21. The molecule has 1 aromatic carbocycles. The number of carbonyl (C=O) groups excluding carboxylic acids is 1. The Kier molecular flexibility index (Phi) is 8.03. The number of esters is 1. The number of rotatable bonds is 4. The first kappa shape index (κ1) is 21.6. The Balaban J connectivity index is 0.00000261. The zero-order chi connectivity index (χ0) is 18.5. The lowest BCUT2D eigenvalue weighted by molar-refractivity contribution is -0.145. The highest BCUT2D eigenvalue weighted by molar-refractivity contribution is 14.0. The van der Waals surface area contributed by atoms with Crippen LogP contribution in [-0.4, -0.2) is 49.1 Å². The summed E-state index contributed by atoms with van der Waals surface area (Å²) in [5, 5.41) is 6.43. The van der Waals surface area contributed by atoms with Gasteiger partial charge in [-0.05, 0) is 5.92 Å². The van der Waals surface area contributed by atoms with Gasteiger partial charge in [0.15, 0.2) is 5.96 Å². The lowest BCUT2D eigenvalue weighted by atomic mass is 9.99. The van der Waals surface area contributed by atoms with E-state index in [1.54, 1.807) is 18.4 Å². The Bertz CT molecular complexity index is 781. The Morgan fingerprint density at radius 1 is 1.37 bits per heavy atom. The molecular weight excluding hydrogens is 475 g/mol. The van der Waals surface area contributed by atoms with Crippen molar-refractivity contribution < 1.29 is 9.53 Å². The summed E-state index contributed by atoms with van der Waals surface area (Å²) in [6.07, 6.45) is 0. The molecule has 27 heavy (non-hydrogen) atoms. The number of benzene rings is 1. The SMILES string of the molecule is CN=C(NCc1csc(-c2ccccc2)n1)N1CC(C)C(C(=O)OC)C1.I. The molecule has 1 N–H and O–H groups in total. The number of methoxy groups -OCH3 is 1. The van der Waals surface area contributed by atoms with Gasteiger partial charge in [0.05, 0.1) is 25.3 Å². The van der Waals surface area contributed by atoms with Gasteiger partial charge in [-0.3, -0.25) is 9.79 Å². The van der Waals surface area contributed by atoms with Gasteiger partial charge in [-0.1, -0.05) is 37.3 Å². The predicted molar refractivity (Wildman–Crippen MR) is 119 cm³/mol. The summed E-state index contributed by atoms with van der Waals surface area (Å²) in [6.45, 7) is 4.08. The van der Waals surface area contributed by atoms with E-state index in [0.717, 1.165) is 28.8 Å². The van der Waals surface area contributed by atoms with Gasteiger partial charge in [0, 0.05) is 31.1 Å². The van der Waals surface area contributed by atoms with Crippen molar-refractivity contribution in [1.29, 1.82) is 0 Å². The average Bonchev–Trinajstić information content (AvgIpc) is 3.29. The van der Waals surface area contributed by atoms with Crippen LogP contribution in [0.25, 0.3) is 10.6 Å². The van der Waals surface area contributed by atoms with Gasteiger partial charge in [-0.2, -0.15) is 0 Å². The van der Waals surface area contributed by atoms with E-state index in [0.29, 0.717) is 13.1 Å². The van der Waals surface area contributed by atoms with Crippen molar-refractivity contribution in [2.24, 2.45) is 16.8 Å². The summed E-state index contributed by atoms with van der Waals surface area (Å²) in [6, 6.07) is 10.2. The number of halogens is 1. The summed E-state index contributed by atoms with van der Waals surface area (Å²) in [5.41, 5.74) is 2.11. The third kappa shape index (κ3) is 5.19. The maximum Gasteiger partial charge on any atom is 0.310 e. The first-order chi connectivity index (χ1) is 12.6. The summed E-state index contributed by atoms with van der Waals surface area (Å²) < 4.78 is 4.91. The maximum absolute atomic E-state index is 11.9. The van der Waals surface area contributed by atoms with E-state index in [9.17, 15) is 4.79 Å². The van der Waals surface area contributed by atoms with Gasteiger partial charge in [-0.15, -0.1) is 35.3 Å². The molecule has 2 unspecified atom stereocenters. The monoisotopic (exact) mass is 500 g/mol. The molecule has 2 atom stereocenters. The molecule has 2 aromatic rings. The Labute approximate surface area is 181 Å². The number of nitrogens with one attached hydrogen (secondary N) is 1. The van der Waals surface area contributed by atoms with Crippen molar-refractivity contribution in [3.8, 4) is 10.6 Å². The number of ether oxygens (including phenoxy) is 1. The smallest absolute Gasteiger partial charge is 0.310 e. The number of hydrogen-bond donors (Lipinski definition) is 1. The quantitative estimate of drug-likeness (QED) is 0.302. The normalized spacial score (nSPS) is 19.5. The van der Waals surface area contributed by atoms with Crippen molar-refractivity contribution in [3.63, 3.8) is 0 Å². The molecule has 3 rings (SSSR count). The van der Waals surface area contributed by atoms with E-state index in [1.165, 1.54) is 7.11 Å². The second kappa shape index (κ2) is 10.0. The highest BCUT2D eigenvalue weighted by Gasteiger charge is 2.36. The van der Waals surface area contributed by atoms with E-state index in [1.807, 2.05) is 18.2 Å². The largest absolute Gasteiger partial charge is 0.469 e. The van der Waals surface area contributed by atoms with Gasteiger partial charge in [0.25, 0.3) is 0 Å². The molecule has 2 heterocycles. The summed E-state index contributed by atoms with van der Waals surface area (Å²) in [7, 11) is 3.20. The van der Waals surface area contributed by atoms with Gasteiger partial charge >= 0.3 is 5.97 Å². The minimum Gasteiger partial charge on any atom is -0.469 e. The Morgan fingerprint density at radius 3 is 2.78 bits per heavy atom. The molecule has 0 radical (unpaired) electrons. The highest BCUT2D eigenvalue weighted by atomic mass is 127. The topological polar surface area (TPSA) is 66.8 Å². The highest BCUT2D eigenvalue weighted by Crippen LogP contribution is 2.25. The zero-order valence-electron chi connectivity index (χ0n) is 15.7. The molecule has 1 saturated heterocycles. The number of thiazole rings is 1. The molecule has 1 aliphatic rings. The van der Waals surface area contributed by atoms with Crippen molar-refractivity contribution in [3.05, 3.63) is 41.4 Å². The fourth-order valence-corrected chi connectivity index (χ4v) is 4.03. The third-order valence-electron chi connectivity index (χ3n) is 4.63. The van der Waals surface area contributed by atoms with E-state index in [-0.39, 0.29) is 41.8 Å². The van der Waals surface area contributed by atoms with Crippen LogP contribution in [0.2, 0.25) is 0 Å². The molecule has 1 aromatic heterocycles. The van der Waals surface area contributed by atoms with Gasteiger partial charge in [0.2, 0.25) is 0 Å². The number of aromatic nitrogens is 1. The fourth-order valence-electron chi connectivity index (χ4n) is 3.20. The van der Waals surface area contributed by atoms with Crippen LogP contribution in [0, 0.1) is 11.8 Å². The fraction of sp³-hybridized carbons (Fsp3) is 0.421. The van der Waals surface area contributed by atoms with Crippen LogP contribution in [0.3, 0.4) is 0 Å². The van der Waals surface area contributed by atoms with Crippen molar-refractivity contribution in [2.75, 3.05) is 27.2 Å². The lowest BCUT2D eigenvalue weighted by Crippen LogP contribution is -2.40. The van der Waals surface area contributed by atoms with Crippen molar-refractivity contribution in [1.82, 2.24) is 15.2 Å². The molecule has 0 amide bonds. The minimum absolute atomic E-state index is 0. The van der Waals surface area contributed by atoms with Crippen LogP contribution < -0.4 is 5.32 Å². The molecular formula is C19H25IN4O2S. The first-order valence-electron chi connectivity index (χ1n) is 8.65. The summed E-state index contributed by atoms with van der Waals surface area (Å²) >= 11 is 1.64. The Hall–Kier alpha value is -1.68. The van der Waals surface area contributed by atoms with Crippen molar-refractivity contribution in [2.45, 2.75) is 13.5 Å². The second-order valence-corrected chi connectivity index (χ2v) is 7.28. The number of aliphatic imine (C=N–C) groups is 1. The van der Waals surface area contributed by atoms with E-state index in [2.05, 4.69) is 39.6 Å². The van der Waals surface area contributed by atoms with Crippen LogP contribution >= 0.6 is 35.3 Å². The number of hydrogen-bond acceptors (Lipinski definition) is 5. The molecule has 1 aliphatic heterocycles. The zero-order valence-corrected chi connectivity index (χ0v) is 18.9. The van der Waals surface area contributed by atoms with Crippen molar-refractivity contribution >= 4 is 47.2 Å². The molecule has 146 valence electrons. The molecule has 0 saturated carbocycles. The molecule has 8 heteroatoms. The number of guanidine groups is 1. The predicted octanol–water partition coefficient (Wildman–Crippen LogP) is 3.24. The summed E-state index contributed by atoms with van der Waals surface area (Å²) in [5.74, 6) is 0.771. The van der Waals surface area contributed by atoms with Crippen LogP contribution in [0.1, 0.15) is 12.6 Å². The van der Waals surface area contributed by atoms with Crippen LogP contribution in [0.15, 0.2) is 40.7 Å². The third-order valence-corrected chi connectivity index (χ3v) is 5.57.